The molecule has 0 spiro atoms. The number of aromatic nitrogens is 1. The van der Waals surface area contributed by atoms with Crippen molar-refractivity contribution in [1.29, 1.82) is 0 Å². The Kier molecular flexibility index (Phi) is 10.8. The third kappa shape index (κ3) is 9.40. The number of ether oxygens (including phenoxy) is 1. The molecule has 1 atom stereocenters. The summed E-state index contributed by atoms with van der Waals surface area (Å²) >= 11 is 0. The second kappa shape index (κ2) is 14.5. The fraction of sp³-hybridized carbons (Fsp3) is 0.444. The lowest BCUT2D eigenvalue weighted by Crippen LogP contribution is -2.48. The van der Waals surface area contributed by atoms with Gasteiger partial charge in [0.2, 0.25) is 11.8 Å². The van der Waals surface area contributed by atoms with Crippen LogP contribution in [-0.2, 0) is 20.7 Å². The maximum Gasteiger partial charge on any atom is 0.407 e. The summed E-state index contributed by atoms with van der Waals surface area (Å²) in [4.78, 5) is 43.4. The van der Waals surface area contributed by atoms with E-state index in [1.165, 1.54) is 0 Å². The van der Waals surface area contributed by atoms with Crippen molar-refractivity contribution in [3.8, 4) is 11.1 Å². The molecule has 0 aliphatic heterocycles. The summed E-state index contributed by atoms with van der Waals surface area (Å²) in [5.74, 6) is -0.252. The van der Waals surface area contributed by atoms with E-state index in [4.69, 9.17) is 4.74 Å². The van der Waals surface area contributed by atoms with Gasteiger partial charge >= 0.3 is 6.09 Å². The van der Waals surface area contributed by atoms with E-state index in [-0.39, 0.29) is 23.7 Å². The topological polar surface area (TPSA) is 109 Å². The minimum absolute atomic E-state index is 0.107. The van der Waals surface area contributed by atoms with Crippen LogP contribution in [0.3, 0.4) is 0 Å². The predicted octanol–water partition coefficient (Wildman–Crippen LogP) is 6.67. The van der Waals surface area contributed by atoms with Crippen LogP contribution in [0, 0.1) is 32.6 Å². The van der Waals surface area contributed by atoms with Gasteiger partial charge in [-0.3, -0.25) is 14.6 Å². The van der Waals surface area contributed by atoms with E-state index in [1.807, 2.05) is 90.2 Å². The Morgan fingerprint density at radius 1 is 0.932 bits per heavy atom. The molecule has 1 aromatic heterocycles. The number of carbonyl (C=O) groups is 3. The standard InChI is InChI=1S/C36H46N4O4/c1-23-10-15-30(18-24(23)2)39-34(42)32(20-27-8-7-9-29(19-27)31-16-17-37-21-25(31)3)40-33(41)28-13-11-26(12-14-28)22-38-35(43)44-36(4,5)6/h7-10,15-19,21,26,28,32H,11-14,20,22H2,1-6H3,(H,38,43)(H,39,42)(H,40,41). The highest BCUT2D eigenvalue weighted by Crippen LogP contribution is 2.29. The number of hydrogen-bond donors (Lipinski definition) is 3. The zero-order chi connectivity index (χ0) is 31.9. The summed E-state index contributed by atoms with van der Waals surface area (Å²) in [6, 6.07) is 15.2. The Morgan fingerprint density at radius 2 is 1.68 bits per heavy atom. The van der Waals surface area contributed by atoms with Crippen LogP contribution in [0.15, 0.2) is 60.9 Å². The van der Waals surface area contributed by atoms with Gasteiger partial charge in [0.1, 0.15) is 11.6 Å². The van der Waals surface area contributed by atoms with Crippen molar-refractivity contribution in [2.75, 3.05) is 11.9 Å². The van der Waals surface area contributed by atoms with Crippen molar-refractivity contribution in [3.05, 3.63) is 83.2 Å². The second-order valence-corrected chi connectivity index (χ2v) is 13.0. The summed E-state index contributed by atoms with van der Waals surface area (Å²) in [5.41, 5.74) is 6.54. The second-order valence-electron chi connectivity index (χ2n) is 13.0. The van der Waals surface area contributed by atoms with E-state index in [1.54, 1.807) is 6.20 Å². The number of anilines is 1. The first kappa shape index (κ1) is 32.7. The predicted molar refractivity (Wildman–Crippen MR) is 174 cm³/mol. The van der Waals surface area contributed by atoms with E-state index in [0.717, 1.165) is 46.2 Å². The van der Waals surface area contributed by atoms with Gasteiger partial charge in [0, 0.05) is 37.0 Å². The van der Waals surface area contributed by atoms with Crippen LogP contribution in [0.5, 0.6) is 0 Å². The molecule has 0 bridgehead atoms. The molecule has 44 heavy (non-hydrogen) atoms. The number of pyridine rings is 1. The van der Waals surface area contributed by atoms with Crippen molar-refractivity contribution >= 4 is 23.6 Å². The SMILES string of the molecule is Cc1ccc(NC(=O)C(Cc2cccc(-c3ccncc3C)c2)NC(=O)C2CCC(CNC(=O)OC(C)(C)C)CC2)cc1C. The molecule has 4 rings (SSSR count). The van der Waals surface area contributed by atoms with Gasteiger partial charge in [-0.2, -0.15) is 0 Å². The number of nitrogens with zero attached hydrogens (tertiary/aromatic N) is 1. The molecule has 1 fully saturated rings. The number of amides is 3. The van der Waals surface area contributed by atoms with E-state index in [2.05, 4.69) is 27.0 Å². The van der Waals surface area contributed by atoms with Gasteiger partial charge in [0.05, 0.1) is 0 Å². The molecule has 3 amide bonds. The van der Waals surface area contributed by atoms with E-state index in [0.29, 0.717) is 31.5 Å². The lowest BCUT2D eigenvalue weighted by Gasteiger charge is -2.29. The highest BCUT2D eigenvalue weighted by molar-refractivity contribution is 5.97. The van der Waals surface area contributed by atoms with Crippen LogP contribution in [0.25, 0.3) is 11.1 Å². The fourth-order valence-electron chi connectivity index (χ4n) is 5.62. The van der Waals surface area contributed by atoms with Gasteiger partial charge in [0.15, 0.2) is 0 Å². The molecule has 3 aromatic rings. The molecule has 2 aromatic carbocycles. The lowest BCUT2D eigenvalue weighted by atomic mass is 9.81. The smallest absolute Gasteiger partial charge is 0.407 e. The van der Waals surface area contributed by atoms with Gasteiger partial charge in [-0.15, -0.1) is 0 Å². The molecule has 1 aliphatic carbocycles. The first-order valence-electron chi connectivity index (χ1n) is 15.5. The normalized spacial score (nSPS) is 17.3. The monoisotopic (exact) mass is 598 g/mol. The molecule has 1 unspecified atom stereocenters. The molecule has 1 heterocycles. The average Bonchev–Trinajstić information content (AvgIpc) is 2.97. The number of carbonyl (C=O) groups excluding carboxylic acids is 3. The largest absolute Gasteiger partial charge is 0.444 e. The quantitative estimate of drug-likeness (QED) is 0.255. The van der Waals surface area contributed by atoms with Crippen molar-refractivity contribution in [2.24, 2.45) is 11.8 Å². The van der Waals surface area contributed by atoms with Crippen molar-refractivity contribution in [2.45, 2.75) is 85.3 Å². The zero-order valence-corrected chi connectivity index (χ0v) is 26.8. The Labute approximate surface area is 261 Å². The highest BCUT2D eigenvalue weighted by atomic mass is 16.6. The van der Waals surface area contributed by atoms with Crippen LogP contribution < -0.4 is 16.0 Å². The van der Waals surface area contributed by atoms with Gasteiger partial charge in [-0.05, 0) is 125 Å². The van der Waals surface area contributed by atoms with Crippen LogP contribution >= 0.6 is 0 Å². The van der Waals surface area contributed by atoms with Crippen molar-refractivity contribution in [1.82, 2.24) is 15.6 Å². The molecule has 0 radical (unpaired) electrons. The van der Waals surface area contributed by atoms with E-state index < -0.39 is 17.7 Å². The van der Waals surface area contributed by atoms with Crippen LogP contribution in [0.4, 0.5) is 10.5 Å². The number of nitrogens with one attached hydrogen (secondary N) is 3. The first-order chi connectivity index (χ1) is 20.9. The van der Waals surface area contributed by atoms with Gasteiger partial charge in [0.25, 0.3) is 0 Å². The molecule has 8 heteroatoms. The van der Waals surface area contributed by atoms with Gasteiger partial charge < -0.3 is 20.7 Å². The van der Waals surface area contributed by atoms with Crippen LogP contribution in [-0.4, -0.2) is 41.1 Å². The molecular formula is C36H46N4O4. The fourth-order valence-corrected chi connectivity index (χ4v) is 5.62. The highest BCUT2D eigenvalue weighted by Gasteiger charge is 2.30. The molecule has 1 saturated carbocycles. The summed E-state index contributed by atoms with van der Waals surface area (Å²) in [7, 11) is 0. The van der Waals surface area contributed by atoms with Crippen molar-refractivity contribution in [3.63, 3.8) is 0 Å². The average molecular weight is 599 g/mol. The molecule has 0 saturated heterocycles. The summed E-state index contributed by atoms with van der Waals surface area (Å²) in [5, 5.41) is 8.98. The Morgan fingerprint density at radius 3 is 2.36 bits per heavy atom. The number of aryl methyl sites for hydroxylation is 3. The Bertz CT molecular complexity index is 1470. The third-order valence-corrected chi connectivity index (χ3v) is 8.26. The molecular weight excluding hydrogens is 552 g/mol. The zero-order valence-electron chi connectivity index (χ0n) is 26.8. The van der Waals surface area contributed by atoms with E-state index in [9.17, 15) is 14.4 Å². The molecule has 3 N–H and O–H groups in total. The molecule has 1 aliphatic rings. The maximum atomic E-state index is 13.7. The molecule has 234 valence electrons. The minimum Gasteiger partial charge on any atom is -0.444 e. The minimum atomic E-state index is -0.746. The van der Waals surface area contributed by atoms with Gasteiger partial charge in [-0.1, -0.05) is 30.3 Å². The maximum absolute atomic E-state index is 13.7. The van der Waals surface area contributed by atoms with E-state index >= 15 is 0 Å². The Hall–Kier alpha value is -4.20. The molecule has 8 nitrogen and oxygen atoms in total. The van der Waals surface area contributed by atoms with Crippen molar-refractivity contribution < 1.29 is 19.1 Å². The number of alkyl carbamates (subject to hydrolysis) is 1. The summed E-state index contributed by atoms with van der Waals surface area (Å²) in [6.45, 7) is 12.1. The number of benzene rings is 2. The Balaban J connectivity index is 1.43. The summed E-state index contributed by atoms with van der Waals surface area (Å²) < 4.78 is 5.34. The number of hydrogen-bond acceptors (Lipinski definition) is 5. The third-order valence-electron chi connectivity index (χ3n) is 8.26. The lowest BCUT2D eigenvalue weighted by molar-refractivity contribution is -0.130. The summed E-state index contributed by atoms with van der Waals surface area (Å²) in [6.07, 6.45) is 6.60. The first-order valence-corrected chi connectivity index (χ1v) is 15.5. The number of rotatable bonds is 9. The van der Waals surface area contributed by atoms with Crippen LogP contribution in [0.1, 0.15) is 68.7 Å². The van der Waals surface area contributed by atoms with Gasteiger partial charge in [-0.25, -0.2) is 4.79 Å². The van der Waals surface area contributed by atoms with Crippen LogP contribution in [0.2, 0.25) is 0 Å².